The fraction of sp³-hybridized carbons (Fsp3) is 0. The quantitative estimate of drug-likeness (QED) is 0.710. The zero-order chi connectivity index (χ0) is 14.3. The SMILES string of the molecule is O=C(O)c1c(O)c2ccccc2c2ccccc2c1=O. The Bertz CT molecular complexity index is 913. The molecule has 4 heteroatoms. The summed E-state index contributed by atoms with van der Waals surface area (Å²) in [7, 11) is 0. The zero-order valence-corrected chi connectivity index (χ0v) is 10.3. The normalized spacial score (nSPS) is 10.8. The highest BCUT2D eigenvalue weighted by molar-refractivity contribution is 6.11. The molecule has 0 radical (unpaired) electrons. The molecular weight excluding hydrogens is 256 g/mol. The minimum atomic E-state index is -1.43. The number of aromatic carboxylic acids is 1. The summed E-state index contributed by atoms with van der Waals surface area (Å²) in [6, 6.07) is 13.6. The molecule has 3 rings (SSSR count). The van der Waals surface area contributed by atoms with Gasteiger partial charge in [0.15, 0.2) is 0 Å². The van der Waals surface area contributed by atoms with Gasteiger partial charge in [0.2, 0.25) is 5.43 Å². The van der Waals surface area contributed by atoms with Gasteiger partial charge in [-0.3, -0.25) is 4.79 Å². The molecule has 3 aromatic rings. The Balaban J connectivity index is 2.79. The fourth-order valence-corrected chi connectivity index (χ4v) is 2.42. The molecule has 0 unspecified atom stereocenters. The highest BCUT2D eigenvalue weighted by Crippen LogP contribution is 2.30. The van der Waals surface area contributed by atoms with Gasteiger partial charge >= 0.3 is 5.97 Å². The van der Waals surface area contributed by atoms with E-state index in [1.807, 2.05) is 0 Å². The number of rotatable bonds is 1. The smallest absolute Gasteiger partial charge is 0.343 e. The van der Waals surface area contributed by atoms with E-state index in [2.05, 4.69) is 0 Å². The molecule has 98 valence electrons. The molecule has 3 aromatic carbocycles. The van der Waals surface area contributed by atoms with E-state index in [-0.39, 0.29) is 5.39 Å². The highest BCUT2D eigenvalue weighted by Gasteiger charge is 2.18. The Kier molecular flexibility index (Phi) is 2.64. The van der Waals surface area contributed by atoms with Crippen molar-refractivity contribution in [3.05, 3.63) is 64.3 Å². The van der Waals surface area contributed by atoms with Gasteiger partial charge in [0.25, 0.3) is 0 Å². The molecule has 0 amide bonds. The molecule has 0 saturated carbocycles. The molecule has 0 atom stereocenters. The van der Waals surface area contributed by atoms with E-state index in [1.165, 1.54) is 0 Å². The predicted molar refractivity (Wildman–Crippen MR) is 76.3 cm³/mol. The minimum Gasteiger partial charge on any atom is -0.506 e. The van der Waals surface area contributed by atoms with Crippen LogP contribution in [0.15, 0.2) is 53.3 Å². The Hall–Kier alpha value is -2.88. The Labute approximate surface area is 113 Å². The first-order valence-electron chi connectivity index (χ1n) is 6.01. The van der Waals surface area contributed by atoms with E-state index in [1.54, 1.807) is 48.5 Å². The van der Waals surface area contributed by atoms with Crippen LogP contribution in [0.1, 0.15) is 10.4 Å². The molecule has 0 bridgehead atoms. The maximum Gasteiger partial charge on any atom is 0.343 e. The Morgan fingerprint density at radius 1 is 0.800 bits per heavy atom. The summed E-state index contributed by atoms with van der Waals surface area (Å²) < 4.78 is 0. The van der Waals surface area contributed by atoms with Crippen molar-refractivity contribution in [3.63, 3.8) is 0 Å². The van der Waals surface area contributed by atoms with Crippen molar-refractivity contribution < 1.29 is 15.0 Å². The van der Waals surface area contributed by atoms with Crippen molar-refractivity contribution in [1.29, 1.82) is 0 Å². The average Bonchev–Trinajstić information content (AvgIpc) is 2.55. The molecule has 4 nitrogen and oxygen atoms in total. The van der Waals surface area contributed by atoms with Gasteiger partial charge < -0.3 is 10.2 Å². The van der Waals surface area contributed by atoms with Crippen LogP contribution in [0.5, 0.6) is 5.75 Å². The molecule has 0 heterocycles. The van der Waals surface area contributed by atoms with Crippen LogP contribution in [0.4, 0.5) is 0 Å². The van der Waals surface area contributed by atoms with Crippen LogP contribution in [0, 0.1) is 0 Å². The van der Waals surface area contributed by atoms with Crippen LogP contribution in [-0.4, -0.2) is 16.2 Å². The number of fused-ring (bicyclic) bond motifs is 3. The van der Waals surface area contributed by atoms with Gasteiger partial charge in [-0.25, -0.2) is 4.79 Å². The third-order valence-electron chi connectivity index (χ3n) is 3.32. The van der Waals surface area contributed by atoms with Crippen molar-refractivity contribution in [1.82, 2.24) is 0 Å². The largest absolute Gasteiger partial charge is 0.506 e. The molecule has 20 heavy (non-hydrogen) atoms. The summed E-state index contributed by atoms with van der Waals surface area (Å²) in [5.74, 6) is -1.92. The van der Waals surface area contributed by atoms with Crippen molar-refractivity contribution >= 4 is 27.5 Å². The van der Waals surface area contributed by atoms with Crippen LogP contribution >= 0.6 is 0 Å². The zero-order valence-electron chi connectivity index (χ0n) is 10.3. The van der Waals surface area contributed by atoms with Crippen LogP contribution < -0.4 is 5.43 Å². The third kappa shape index (κ3) is 1.62. The van der Waals surface area contributed by atoms with E-state index in [9.17, 15) is 19.8 Å². The number of hydrogen-bond acceptors (Lipinski definition) is 3. The molecule has 0 aromatic heterocycles. The van der Waals surface area contributed by atoms with Gasteiger partial charge in [0.05, 0.1) is 0 Å². The summed E-state index contributed by atoms with van der Waals surface area (Å²) in [4.78, 5) is 23.7. The topological polar surface area (TPSA) is 74.6 Å². The second kappa shape index (κ2) is 4.35. The van der Waals surface area contributed by atoms with E-state index in [0.717, 1.165) is 0 Å². The predicted octanol–water partition coefficient (Wildman–Crippen LogP) is 2.76. The van der Waals surface area contributed by atoms with Gasteiger partial charge in [-0.05, 0) is 10.8 Å². The monoisotopic (exact) mass is 266 g/mol. The average molecular weight is 266 g/mol. The standard InChI is InChI=1S/C16H10O4/c17-14-11-7-3-1-5-9(11)10-6-2-4-8-12(10)15(18)13(14)16(19)20/h1-8,17H,(H,19,20). The van der Waals surface area contributed by atoms with Crippen molar-refractivity contribution in [2.24, 2.45) is 0 Å². The first-order chi connectivity index (χ1) is 9.61. The lowest BCUT2D eigenvalue weighted by molar-refractivity contribution is 0.0693. The number of benzene rings is 2. The van der Waals surface area contributed by atoms with Crippen LogP contribution in [0.3, 0.4) is 0 Å². The number of carboxylic acids is 1. The molecule has 0 aliphatic rings. The van der Waals surface area contributed by atoms with E-state index >= 15 is 0 Å². The Morgan fingerprint density at radius 2 is 1.25 bits per heavy atom. The number of carbonyl (C=O) groups is 1. The van der Waals surface area contributed by atoms with Crippen molar-refractivity contribution in [2.45, 2.75) is 0 Å². The molecule has 0 spiro atoms. The van der Waals surface area contributed by atoms with Crippen LogP contribution in [-0.2, 0) is 0 Å². The summed E-state index contributed by atoms with van der Waals surface area (Å²) in [5.41, 5.74) is -1.27. The van der Waals surface area contributed by atoms with Crippen molar-refractivity contribution in [2.75, 3.05) is 0 Å². The molecule has 0 fully saturated rings. The maximum atomic E-state index is 12.4. The fourth-order valence-electron chi connectivity index (χ4n) is 2.42. The summed E-state index contributed by atoms with van der Waals surface area (Å²) in [6.07, 6.45) is 0. The number of hydrogen-bond donors (Lipinski definition) is 2. The second-order valence-electron chi connectivity index (χ2n) is 4.45. The third-order valence-corrected chi connectivity index (χ3v) is 3.32. The van der Waals surface area contributed by atoms with Crippen LogP contribution in [0.2, 0.25) is 0 Å². The first-order valence-corrected chi connectivity index (χ1v) is 6.01. The molecule has 0 aliphatic carbocycles. The minimum absolute atomic E-state index is 0.279. The molecule has 2 N–H and O–H groups in total. The van der Waals surface area contributed by atoms with Gasteiger partial charge in [0, 0.05) is 10.8 Å². The lowest BCUT2D eigenvalue weighted by Crippen LogP contribution is -2.12. The van der Waals surface area contributed by atoms with E-state index in [0.29, 0.717) is 16.2 Å². The highest BCUT2D eigenvalue weighted by atomic mass is 16.4. The summed E-state index contributed by atoms with van der Waals surface area (Å²) >= 11 is 0. The van der Waals surface area contributed by atoms with Gasteiger partial charge in [-0.1, -0.05) is 48.5 Å². The first kappa shape index (κ1) is 12.2. The van der Waals surface area contributed by atoms with Gasteiger partial charge in [-0.15, -0.1) is 0 Å². The van der Waals surface area contributed by atoms with Gasteiger partial charge in [0.1, 0.15) is 11.3 Å². The maximum absolute atomic E-state index is 12.4. The lowest BCUT2D eigenvalue weighted by Gasteiger charge is -1.98. The van der Waals surface area contributed by atoms with Crippen molar-refractivity contribution in [3.8, 4) is 5.75 Å². The van der Waals surface area contributed by atoms with E-state index < -0.39 is 22.7 Å². The lowest BCUT2D eigenvalue weighted by atomic mass is 10.1. The molecule has 0 saturated heterocycles. The number of aromatic hydroxyl groups is 1. The molecule has 0 aliphatic heterocycles. The Morgan fingerprint density at radius 3 is 1.80 bits per heavy atom. The van der Waals surface area contributed by atoms with Gasteiger partial charge in [-0.2, -0.15) is 0 Å². The summed E-state index contributed by atoms with van der Waals surface area (Å²) in [6.45, 7) is 0. The summed E-state index contributed by atoms with van der Waals surface area (Å²) in [5, 5.41) is 21.3. The van der Waals surface area contributed by atoms with E-state index in [4.69, 9.17) is 0 Å². The second-order valence-corrected chi connectivity index (χ2v) is 4.45. The number of carboxylic acid groups (broad SMARTS) is 1. The molecular formula is C16H10O4. The van der Waals surface area contributed by atoms with Crippen LogP contribution in [0.25, 0.3) is 21.5 Å².